The van der Waals surface area contributed by atoms with Crippen LogP contribution >= 0.6 is 0 Å². The van der Waals surface area contributed by atoms with Crippen molar-refractivity contribution in [1.82, 2.24) is 15.0 Å². The van der Waals surface area contributed by atoms with E-state index in [0.29, 0.717) is 0 Å². The van der Waals surface area contributed by atoms with E-state index in [1.165, 1.54) is 19.3 Å². The van der Waals surface area contributed by atoms with Crippen molar-refractivity contribution >= 4 is 17.5 Å². The molecule has 1 aliphatic heterocycles. The third kappa shape index (κ3) is 4.34. The van der Waals surface area contributed by atoms with Crippen LogP contribution in [0, 0.1) is 0 Å². The number of hydrogen-bond donors (Lipinski definition) is 1. The van der Waals surface area contributed by atoms with Crippen molar-refractivity contribution in [3.8, 4) is 0 Å². The summed E-state index contributed by atoms with van der Waals surface area (Å²) in [4.78, 5) is 17.8. The standard InChI is InChI=1S/C18H26N6/c1-2-3-5-8-19-16-14-18(22-15-21-16)24-12-10-23(11-13-24)17-7-4-6-9-20-17/h4,6-7,9,14-15H,2-3,5,8,10-13H2,1H3,(H,19,21,22). The molecule has 1 aliphatic rings. The van der Waals surface area contributed by atoms with Crippen molar-refractivity contribution < 1.29 is 0 Å². The predicted octanol–water partition coefficient (Wildman–Crippen LogP) is 2.80. The van der Waals surface area contributed by atoms with E-state index in [0.717, 1.165) is 50.2 Å². The molecule has 0 saturated carbocycles. The van der Waals surface area contributed by atoms with Crippen LogP contribution in [0.25, 0.3) is 0 Å². The average molecular weight is 326 g/mol. The molecule has 0 aliphatic carbocycles. The van der Waals surface area contributed by atoms with Crippen molar-refractivity contribution in [1.29, 1.82) is 0 Å². The van der Waals surface area contributed by atoms with Crippen LogP contribution in [0.1, 0.15) is 26.2 Å². The number of aromatic nitrogens is 3. The number of nitrogens with zero attached hydrogens (tertiary/aromatic N) is 5. The van der Waals surface area contributed by atoms with Gasteiger partial charge in [0.15, 0.2) is 0 Å². The lowest BCUT2D eigenvalue weighted by atomic mass is 10.2. The fourth-order valence-electron chi connectivity index (χ4n) is 2.91. The van der Waals surface area contributed by atoms with Crippen LogP contribution in [0.3, 0.4) is 0 Å². The van der Waals surface area contributed by atoms with Crippen molar-refractivity contribution in [3.05, 3.63) is 36.8 Å². The van der Waals surface area contributed by atoms with Gasteiger partial charge in [-0.25, -0.2) is 15.0 Å². The van der Waals surface area contributed by atoms with Crippen molar-refractivity contribution in [2.45, 2.75) is 26.2 Å². The molecule has 0 amide bonds. The van der Waals surface area contributed by atoms with Crippen LogP contribution in [-0.4, -0.2) is 47.7 Å². The highest BCUT2D eigenvalue weighted by Gasteiger charge is 2.19. The lowest BCUT2D eigenvalue weighted by Crippen LogP contribution is -2.47. The third-order valence-corrected chi connectivity index (χ3v) is 4.32. The average Bonchev–Trinajstić information content (AvgIpc) is 2.66. The van der Waals surface area contributed by atoms with Gasteiger partial charge in [0, 0.05) is 45.0 Å². The van der Waals surface area contributed by atoms with E-state index < -0.39 is 0 Å². The highest BCUT2D eigenvalue weighted by atomic mass is 15.3. The summed E-state index contributed by atoms with van der Waals surface area (Å²) < 4.78 is 0. The summed E-state index contributed by atoms with van der Waals surface area (Å²) in [6, 6.07) is 8.12. The van der Waals surface area contributed by atoms with Gasteiger partial charge in [0.2, 0.25) is 0 Å². The van der Waals surface area contributed by atoms with Crippen LogP contribution in [0.15, 0.2) is 36.8 Å². The van der Waals surface area contributed by atoms with Crippen molar-refractivity contribution in [2.75, 3.05) is 47.8 Å². The minimum Gasteiger partial charge on any atom is -0.370 e. The van der Waals surface area contributed by atoms with Gasteiger partial charge >= 0.3 is 0 Å². The summed E-state index contributed by atoms with van der Waals surface area (Å²) in [5.74, 6) is 2.98. The summed E-state index contributed by atoms with van der Waals surface area (Å²) in [5, 5.41) is 3.40. The molecule has 1 saturated heterocycles. The minimum absolute atomic E-state index is 0.920. The molecule has 0 atom stereocenters. The van der Waals surface area contributed by atoms with Crippen LogP contribution in [0.2, 0.25) is 0 Å². The summed E-state index contributed by atoms with van der Waals surface area (Å²) in [6.45, 7) is 7.00. The number of pyridine rings is 1. The normalized spacial score (nSPS) is 14.7. The Morgan fingerprint density at radius 2 is 1.75 bits per heavy atom. The summed E-state index contributed by atoms with van der Waals surface area (Å²) in [5.41, 5.74) is 0. The SMILES string of the molecule is CCCCCNc1cc(N2CCN(c3ccccn3)CC2)ncn1. The van der Waals surface area contributed by atoms with Crippen molar-refractivity contribution in [3.63, 3.8) is 0 Å². The van der Waals surface area contributed by atoms with Gasteiger partial charge in [-0.3, -0.25) is 0 Å². The monoisotopic (exact) mass is 326 g/mol. The Labute approximate surface area is 143 Å². The molecule has 1 fully saturated rings. The highest BCUT2D eigenvalue weighted by Crippen LogP contribution is 2.18. The van der Waals surface area contributed by atoms with Crippen LogP contribution in [-0.2, 0) is 0 Å². The van der Waals surface area contributed by atoms with Gasteiger partial charge in [0.05, 0.1) is 0 Å². The van der Waals surface area contributed by atoms with Gasteiger partial charge in [0.1, 0.15) is 23.8 Å². The third-order valence-electron chi connectivity index (χ3n) is 4.32. The lowest BCUT2D eigenvalue weighted by Gasteiger charge is -2.36. The Balaban J connectivity index is 1.54. The zero-order valence-electron chi connectivity index (χ0n) is 14.4. The molecule has 0 spiro atoms. The van der Waals surface area contributed by atoms with Gasteiger partial charge in [-0.15, -0.1) is 0 Å². The molecule has 0 aromatic carbocycles. The second kappa shape index (κ2) is 8.47. The molecule has 1 N–H and O–H groups in total. The van der Waals surface area contributed by atoms with Crippen LogP contribution < -0.4 is 15.1 Å². The maximum absolute atomic E-state index is 4.45. The quantitative estimate of drug-likeness (QED) is 0.790. The van der Waals surface area contributed by atoms with E-state index in [1.54, 1.807) is 6.33 Å². The number of nitrogens with one attached hydrogen (secondary N) is 1. The fraction of sp³-hybridized carbons (Fsp3) is 0.500. The summed E-state index contributed by atoms with van der Waals surface area (Å²) >= 11 is 0. The molecule has 0 radical (unpaired) electrons. The van der Waals surface area contributed by atoms with E-state index >= 15 is 0 Å². The maximum atomic E-state index is 4.45. The highest BCUT2D eigenvalue weighted by molar-refractivity contribution is 5.50. The molecule has 6 nitrogen and oxygen atoms in total. The summed E-state index contributed by atoms with van der Waals surface area (Å²) in [7, 11) is 0. The van der Waals surface area contributed by atoms with Gasteiger partial charge in [-0.2, -0.15) is 0 Å². The second-order valence-corrected chi connectivity index (χ2v) is 6.06. The second-order valence-electron chi connectivity index (χ2n) is 6.06. The first-order chi connectivity index (χ1) is 11.9. The predicted molar refractivity (Wildman–Crippen MR) is 98.7 cm³/mol. The Bertz CT molecular complexity index is 610. The molecule has 3 heterocycles. The largest absolute Gasteiger partial charge is 0.370 e. The first-order valence-corrected chi connectivity index (χ1v) is 8.83. The number of hydrogen-bond acceptors (Lipinski definition) is 6. The van der Waals surface area contributed by atoms with Crippen LogP contribution in [0.5, 0.6) is 0 Å². The molecule has 24 heavy (non-hydrogen) atoms. The molecule has 0 bridgehead atoms. The summed E-state index contributed by atoms with van der Waals surface area (Å²) in [6.07, 6.45) is 7.17. The van der Waals surface area contributed by atoms with Gasteiger partial charge in [-0.1, -0.05) is 25.8 Å². The molecular weight excluding hydrogens is 300 g/mol. The van der Waals surface area contributed by atoms with E-state index in [-0.39, 0.29) is 0 Å². The van der Waals surface area contributed by atoms with Gasteiger partial charge in [-0.05, 0) is 18.6 Å². The molecule has 6 heteroatoms. The van der Waals surface area contributed by atoms with Crippen molar-refractivity contribution in [2.24, 2.45) is 0 Å². The molecule has 0 unspecified atom stereocenters. The Hall–Kier alpha value is -2.37. The molecule has 128 valence electrons. The first kappa shape index (κ1) is 16.5. The van der Waals surface area contributed by atoms with E-state index in [4.69, 9.17) is 0 Å². The van der Waals surface area contributed by atoms with Gasteiger partial charge in [0.25, 0.3) is 0 Å². The fourth-order valence-corrected chi connectivity index (χ4v) is 2.91. The van der Waals surface area contributed by atoms with E-state index in [1.807, 2.05) is 18.3 Å². The molecular formula is C18H26N6. The van der Waals surface area contributed by atoms with Gasteiger partial charge < -0.3 is 15.1 Å². The van der Waals surface area contributed by atoms with Crippen LogP contribution in [0.4, 0.5) is 17.5 Å². The Kier molecular flexibility index (Phi) is 5.82. The zero-order valence-corrected chi connectivity index (χ0v) is 14.4. The Morgan fingerprint density at radius 3 is 2.46 bits per heavy atom. The van der Waals surface area contributed by atoms with E-state index in [9.17, 15) is 0 Å². The van der Waals surface area contributed by atoms with E-state index in [2.05, 4.69) is 49.1 Å². The molecule has 2 aromatic heterocycles. The zero-order chi connectivity index (χ0) is 16.6. The Morgan fingerprint density at radius 1 is 0.958 bits per heavy atom. The number of rotatable bonds is 7. The molecule has 2 aromatic rings. The topological polar surface area (TPSA) is 57.2 Å². The number of piperazine rings is 1. The number of anilines is 3. The first-order valence-electron chi connectivity index (χ1n) is 8.83. The number of unbranched alkanes of at least 4 members (excludes halogenated alkanes) is 2. The smallest absolute Gasteiger partial charge is 0.134 e. The molecule has 3 rings (SSSR count). The lowest BCUT2D eigenvalue weighted by molar-refractivity contribution is 0.641. The maximum Gasteiger partial charge on any atom is 0.134 e. The minimum atomic E-state index is 0.920.